The fourth-order valence-electron chi connectivity index (χ4n) is 9.98. The van der Waals surface area contributed by atoms with Crippen LogP contribution in [0.5, 0.6) is 11.5 Å². The average Bonchev–Trinajstić information content (AvgIpc) is 4.16. The summed E-state index contributed by atoms with van der Waals surface area (Å²) in [5.74, 6) is -3.33. The molecule has 1 atom stereocenters. The maximum atomic E-state index is 15.3. The molecule has 25 nitrogen and oxygen atoms in total. The van der Waals surface area contributed by atoms with Gasteiger partial charge < -0.3 is 82.7 Å². The van der Waals surface area contributed by atoms with Crippen molar-refractivity contribution in [2.45, 2.75) is 118 Å². The van der Waals surface area contributed by atoms with Crippen LogP contribution in [0.15, 0.2) is 48.5 Å². The van der Waals surface area contributed by atoms with Crippen LogP contribution in [0.3, 0.4) is 0 Å². The number of nitrogens with two attached hydrogens (primary N) is 5. The van der Waals surface area contributed by atoms with Crippen LogP contribution in [0, 0.1) is 11.8 Å². The summed E-state index contributed by atoms with van der Waals surface area (Å²) < 4.78 is 11.3. The highest BCUT2D eigenvalue weighted by atomic mass is 16.7. The Morgan fingerprint density at radius 1 is 0.443 bits per heavy atom. The molecule has 88 heavy (non-hydrogen) atoms. The molecular weight excluding hydrogens is 1130 g/mol. The van der Waals surface area contributed by atoms with E-state index in [1.807, 2.05) is 58.0 Å². The minimum Gasteiger partial charge on any atom is -0.454 e. The van der Waals surface area contributed by atoms with E-state index in [1.165, 1.54) is 46.1 Å². The molecule has 8 amide bonds. The van der Waals surface area contributed by atoms with E-state index in [-0.39, 0.29) is 95.8 Å². The second-order valence-corrected chi connectivity index (χ2v) is 23.5. The number of fused-ring (bicyclic) bond motifs is 1. The van der Waals surface area contributed by atoms with Crippen LogP contribution < -0.4 is 43.5 Å². The molecule has 1 unspecified atom stereocenters. The lowest BCUT2D eigenvalue weighted by molar-refractivity contribution is -0.150. The summed E-state index contributed by atoms with van der Waals surface area (Å²) in [6.07, 6.45) is 5.79. The lowest BCUT2D eigenvalue weighted by Gasteiger charge is -2.35. The number of ketones is 1. The highest BCUT2D eigenvalue weighted by Gasteiger charge is 2.33. The smallest absolute Gasteiger partial charge is 0.243 e. The van der Waals surface area contributed by atoms with Gasteiger partial charge in [0, 0.05) is 45.8 Å². The van der Waals surface area contributed by atoms with Crippen molar-refractivity contribution in [2.24, 2.45) is 40.5 Å². The Kier molecular flexibility index (Phi) is 36.2. The highest BCUT2D eigenvalue weighted by molar-refractivity contribution is 5.94. The van der Waals surface area contributed by atoms with Crippen molar-refractivity contribution in [3.05, 3.63) is 59.7 Å². The first-order chi connectivity index (χ1) is 42.2. The van der Waals surface area contributed by atoms with E-state index in [9.17, 15) is 28.8 Å². The van der Waals surface area contributed by atoms with Crippen molar-refractivity contribution in [2.75, 3.05) is 144 Å². The number of unbranched alkanes of at least 4 members (excludes halogenated alkanes) is 5. The van der Waals surface area contributed by atoms with Crippen LogP contribution in [0.1, 0.15) is 123 Å². The molecule has 0 fully saturated rings. The van der Waals surface area contributed by atoms with Gasteiger partial charge in [-0.05, 0) is 152 Å². The second-order valence-electron chi connectivity index (χ2n) is 23.5. The van der Waals surface area contributed by atoms with Gasteiger partial charge in [0.15, 0.2) is 11.5 Å². The molecule has 11 N–H and O–H groups in total. The minimum absolute atomic E-state index is 0.00991. The van der Waals surface area contributed by atoms with E-state index in [0.717, 1.165) is 12.8 Å². The number of carbonyl (C=O) groups is 9. The molecule has 1 heterocycles. The van der Waals surface area contributed by atoms with E-state index >= 15 is 14.4 Å². The molecule has 0 aromatic heterocycles. The Hall–Kier alpha value is -6.77. The van der Waals surface area contributed by atoms with E-state index in [1.54, 1.807) is 25.1 Å². The molecule has 25 heteroatoms. The van der Waals surface area contributed by atoms with Gasteiger partial charge in [0.05, 0.1) is 51.9 Å². The average molecular weight is 1240 g/mol. The number of rotatable bonds is 46. The van der Waals surface area contributed by atoms with Crippen molar-refractivity contribution in [3.63, 3.8) is 0 Å². The molecule has 0 aliphatic carbocycles. The van der Waals surface area contributed by atoms with Gasteiger partial charge >= 0.3 is 0 Å². The Balaban J connectivity index is 2.06. The summed E-state index contributed by atoms with van der Waals surface area (Å²) in [6, 6.07) is 13.5. The molecule has 0 saturated heterocycles. The normalized spacial score (nSPS) is 12.0. The number of benzene rings is 2. The number of Topliss-reactive ketones (excluding diaryl/α,β-unsaturated/α-hetero) is 1. The lowest BCUT2D eigenvalue weighted by atomic mass is 10.1. The Morgan fingerprint density at radius 2 is 0.841 bits per heavy atom. The van der Waals surface area contributed by atoms with Gasteiger partial charge in [-0.15, -0.1) is 0 Å². The fraction of sp³-hybridized carbons (Fsp3) is 0.667. The molecule has 0 saturated carbocycles. The van der Waals surface area contributed by atoms with Crippen LogP contribution in [-0.2, 0) is 49.7 Å². The molecule has 3 rings (SSSR count). The van der Waals surface area contributed by atoms with Crippen LogP contribution >= 0.6 is 0 Å². The molecule has 0 bridgehead atoms. The lowest BCUT2D eigenvalue weighted by Crippen LogP contribution is -2.53. The zero-order valence-corrected chi connectivity index (χ0v) is 53.6. The summed E-state index contributed by atoms with van der Waals surface area (Å²) in [5.41, 5.74) is 30.3. The largest absolute Gasteiger partial charge is 0.454 e. The monoisotopic (exact) mass is 1230 g/mol. The van der Waals surface area contributed by atoms with Gasteiger partial charge in [-0.3, -0.25) is 43.2 Å². The number of nitrogens with zero attached hydrogens (tertiary/aromatic N) is 8. The zero-order valence-electron chi connectivity index (χ0n) is 53.6. The summed E-state index contributed by atoms with van der Waals surface area (Å²) in [6.45, 7) is 11.2. The first-order valence-corrected chi connectivity index (χ1v) is 31.5. The van der Waals surface area contributed by atoms with Crippen molar-refractivity contribution in [3.8, 4) is 11.5 Å². The van der Waals surface area contributed by atoms with Gasteiger partial charge in [-0.1, -0.05) is 64.1 Å². The summed E-state index contributed by atoms with van der Waals surface area (Å²) in [7, 11) is 0. The number of nitrogens with one attached hydrogen (secondary N) is 1. The fourth-order valence-corrected chi connectivity index (χ4v) is 9.98. The Bertz CT molecular complexity index is 2470. The van der Waals surface area contributed by atoms with E-state index in [2.05, 4.69) is 5.32 Å². The molecule has 2 aromatic rings. The molecule has 1 aliphatic rings. The summed E-state index contributed by atoms with van der Waals surface area (Å²) in [5, 5.41) is 3.15. The number of hydrogen-bond acceptors (Lipinski definition) is 17. The summed E-state index contributed by atoms with van der Waals surface area (Å²) in [4.78, 5) is 140. The van der Waals surface area contributed by atoms with Gasteiger partial charge in [0.2, 0.25) is 54.1 Å². The standard InChI is InChI=1S/C63H106N14O11/c1-48(2)36-74(56(79)35-69-29-15-10-24-64)42-58(81)73(33-19-14-28-68)45-63(86)77(51(6)53-20-8-7-9-21-53)46-62(85)76(39-52-22-23-54-55(34-52)88-47-87-54)44-60(83)72(32-18-13-27-67)41-61(84)75(37-49(3)4)43-59(82)71(31-17-12-26-66)40-57(80)70(38-50(5)78)30-16-11-25-65/h7-9,20-23,34,48-49,51,69H,10-19,24-33,35-47,64-68H2,1-6H3. The molecule has 2 aromatic carbocycles. The molecule has 0 radical (unpaired) electrons. The van der Waals surface area contributed by atoms with Crippen LogP contribution in [0.25, 0.3) is 0 Å². The van der Waals surface area contributed by atoms with Gasteiger partial charge in [-0.25, -0.2) is 0 Å². The van der Waals surface area contributed by atoms with E-state index in [4.69, 9.17) is 38.1 Å². The first-order valence-electron chi connectivity index (χ1n) is 31.5. The molecule has 1 aliphatic heterocycles. The van der Waals surface area contributed by atoms with Gasteiger partial charge in [0.1, 0.15) is 18.9 Å². The maximum Gasteiger partial charge on any atom is 0.243 e. The third-order valence-electron chi connectivity index (χ3n) is 14.8. The van der Waals surface area contributed by atoms with E-state index in [0.29, 0.717) is 120 Å². The van der Waals surface area contributed by atoms with Crippen LogP contribution in [0.2, 0.25) is 0 Å². The van der Waals surface area contributed by atoms with Crippen molar-refractivity contribution in [1.29, 1.82) is 0 Å². The van der Waals surface area contributed by atoms with Gasteiger partial charge in [-0.2, -0.15) is 0 Å². The van der Waals surface area contributed by atoms with Crippen LogP contribution in [-0.4, -0.2) is 236 Å². The molecule has 0 spiro atoms. The third kappa shape index (κ3) is 28.2. The minimum atomic E-state index is -0.721. The second kappa shape index (κ2) is 42.2. The summed E-state index contributed by atoms with van der Waals surface area (Å²) >= 11 is 0. The van der Waals surface area contributed by atoms with Crippen molar-refractivity contribution >= 4 is 53.0 Å². The van der Waals surface area contributed by atoms with E-state index < -0.39 is 80.1 Å². The SMILES string of the molecule is CC(=O)CN(CCCCN)C(=O)CN(CCCCN)C(=O)CN(CC(C)C)C(=O)CN(CCCCN)C(=O)CN(Cc1ccc2c(c1)OCO2)C(=O)CN(C(=O)CN(CCCCN)C(=O)CN(CC(C)C)C(=O)CNCCCCN)C(C)c1ccccc1. The Labute approximate surface area is 522 Å². The predicted octanol–water partition coefficient (Wildman–Crippen LogP) is 1.49. The number of amides is 8. The highest BCUT2D eigenvalue weighted by Crippen LogP contribution is 2.33. The molecular formula is C63H106N14O11. The van der Waals surface area contributed by atoms with Crippen molar-refractivity contribution in [1.82, 2.24) is 44.5 Å². The van der Waals surface area contributed by atoms with Crippen LogP contribution in [0.4, 0.5) is 0 Å². The first kappa shape index (κ1) is 75.5. The maximum absolute atomic E-state index is 15.3. The van der Waals surface area contributed by atoms with Gasteiger partial charge in [0.25, 0.3) is 0 Å². The third-order valence-corrected chi connectivity index (χ3v) is 14.8. The number of hydrogen-bond donors (Lipinski definition) is 6. The zero-order chi connectivity index (χ0) is 65.0. The predicted molar refractivity (Wildman–Crippen MR) is 339 cm³/mol. The topological polar surface area (TPSA) is 340 Å². The number of carbonyl (C=O) groups excluding carboxylic acids is 9. The number of ether oxygens (including phenoxy) is 2. The molecule has 494 valence electrons. The van der Waals surface area contributed by atoms with Crippen molar-refractivity contribution < 1.29 is 52.6 Å². The quantitative estimate of drug-likeness (QED) is 0.0512. The Morgan fingerprint density at radius 3 is 1.31 bits per heavy atom.